The van der Waals surface area contributed by atoms with Gasteiger partial charge in [-0.05, 0) is 13.0 Å². The number of fused-ring (bicyclic) bond motifs is 1. The molecular formula is C9H8N4O3. The molecule has 0 unspecified atom stereocenters. The average molecular weight is 220 g/mol. The number of nitrogen functional groups attached to an aromatic ring is 1. The number of pyridine rings is 1. The standard InChI is InChI=1S/C9H8N4O3/c1-3-11-6(10)4-2-5(9(15)16)8(14)13-7(4)12-3/h2H,1H3,(H,15,16)(H3,10,11,12,13,14). The largest absolute Gasteiger partial charge is 0.477 e. The van der Waals surface area contributed by atoms with Crippen molar-refractivity contribution < 1.29 is 9.90 Å². The van der Waals surface area contributed by atoms with Crippen LogP contribution in [-0.4, -0.2) is 26.0 Å². The Labute approximate surface area is 89.0 Å². The van der Waals surface area contributed by atoms with Crippen LogP contribution in [0.1, 0.15) is 16.2 Å². The van der Waals surface area contributed by atoms with Crippen molar-refractivity contribution in [1.29, 1.82) is 0 Å². The van der Waals surface area contributed by atoms with Gasteiger partial charge in [-0.15, -0.1) is 0 Å². The van der Waals surface area contributed by atoms with E-state index in [0.717, 1.165) is 0 Å². The summed E-state index contributed by atoms with van der Waals surface area (Å²) in [6.45, 7) is 1.62. The minimum Gasteiger partial charge on any atom is -0.477 e. The minimum absolute atomic E-state index is 0.140. The summed E-state index contributed by atoms with van der Waals surface area (Å²) in [5, 5.41) is 9.09. The second kappa shape index (κ2) is 3.30. The zero-order valence-corrected chi connectivity index (χ0v) is 8.31. The van der Waals surface area contributed by atoms with Crippen LogP contribution in [0.5, 0.6) is 0 Å². The molecule has 2 aromatic heterocycles. The highest BCUT2D eigenvalue weighted by Gasteiger charge is 2.12. The quantitative estimate of drug-likeness (QED) is 0.617. The fourth-order valence-electron chi connectivity index (χ4n) is 1.38. The number of nitrogens with zero attached hydrogens (tertiary/aromatic N) is 2. The third kappa shape index (κ3) is 1.48. The van der Waals surface area contributed by atoms with Crippen molar-refractivity contribution in [2.45, 2.75) is 6.92 Å². The predicted molar refractivity (Wildman–Crippen MR) is 56.3 cm³/mol. The lowest BCUT2D eigenvalue weighted by Gasteiger charge is -2.02. The summed E-state index contributed by atoms with van der Waals surface area (Å²) in [6, 6.07) is 1.17. The third-order valence-corrected chi connectivity index (χ3v) is 2.08. The van der Waals surface area contributed by atoms with Crippen LogP contribution in [0, 0.1) is 6.92 Å². The molecule has 82 valence electrons. The number of carbonyl (C=O) groups is 1. The summed E-state index contributed by atoms with van der Waals surface area (Å²) < 4.78 is 0. The molecular weight excluding hydrogens is 212 g/mol. The van der Waals surface area contributed by atoms with Crippen molar-refractivity contribution in [3.63, 3.8) is 0 Å². The molecule has 0 fully saturated rings. The number of H-pyrrole nitrogens is 1. The van der Waals surface area contributed by atoms with Crippen molar-refractivity contribution >= 4 is 22.8 Å². The molecule has 0 spiro atoms. The molecule has 4 N–H and O–H groups in total. The fraction of sp³-hybridized carbons (Fsp3) is 0.111. The average Bonchev–Trinajstić information content (AvgIpc) is 2.15. The van der Waals surface area contributed by atoms with Gasteiger partial charge in [0.25, 0.3) is 5.56 Å². The highest BCUT2D eigenvalue weighted by molar-refractivity contribution is 5.94. The number of hydrogen-bond acceptors (Lipinski definition) is 5. The number of rotatable bonds is 1. The van der Waals surface area contributed by atoms with Crippen LogP contribution < -0.4 is 11.3 Å². The Morgan fingerprint density at radius 2 is 2.19 bits per heavy atom. The first-order valence-corrected chi connectivity index (χ1v) is 4.39. The van der Waals surface area contributed by atoms with Crippen molar-refractivity contribution in [2.75, 3.05) is 5.73 Å². The lowest BCUT2D eigenvalue weighted by Crippen LogP contribution is -2.18. The molecule has 0 saturated heterocycles. The van der Waals surface area contributed by atoms with Gasteiger partial charge < -0.3 is 15.8 Å². The Kier molecular flexibility index (Phi) is 2.08. The van der Waals surface area contributed by atoms with Crippen molar-refractivity contribution in [3.8, 4) is 0 Å². The molecule has 0 bridgehead atoms. The van der Waals surface area contributed by atoms with Gasteiger partial charge >= 0.3 is 5.97 Å². The van der Waals surface area contributed by atoms with Crippen LogP contribution in [0.25, 0.3) is 11.0 Å². The summed E-state index contributed by atoms with van der Waals surface area (Å²) in [6.07, 6.45) is 0. The topological polar surface area (TPSA) is 122 Å². The van der Waals surface area contributed by atoms with Crippen LogP contribution in [0.2, 0.25) is 0 Å². The number of nitrogens with one attached hydrogen (secondary N) is 1. The molecule has 16 heavy (non-hydrogen) atoms. The Hall–Kier alpha value is -2.44. The summed E-state index contributed by atoms with van der Waals surface area (Å²) in [5.74, 6) is -0.770. The molecule has 7 nitrogen and oxygen atoms in total. The number of aromatic nitrogens is 3. The number of aryl methyl sites for hydroxylation is 1. The van der Waals surface area contributed by atoms with Crippen LogP contribution in [0.15, 0.2) is 10.9 Å². The summed E-state index contributed by atoms with van der Waals surface area (Å²) in [7, 11) is 0. The highest BCUT2D eigenvalue weighted by atomic mass is 16.4. The van der Waals surface area contributed by atoms with Crippen LogP contribution in [0.3, 0.4) is 0 Å². The smallest absolute Gasteiger partial charge is 0.341 e. The van der Waals surface area contributed by atoms with Gasteiger partial charge in [0.05, 0.1) is 5.39 Å². The number of aromatic amines is 1. The van der Waals surface area contributed by atoms with E-state index in [4.69, 9.17) is 10.8 Å². The van der Waals surface area contributed by atoms with Gasteiger partial charge in [-0.25, -0.2) is 14.8 Å². The van der Waals surface area contributed by atoms with E-state index in [2.05, 4.69) is 15.0 Å². The van der Waals surface area contributed by atoms with Crippen molar-refractivity contribution in [3.05, 3.63) is 27.8 Å². The fourth-order valence-corrected chi connectivity index (χ4v) is 1.38. The molecule has 0 radical (unpaired) electrons. The highest BCUT2D eigenvalue weighted by Crippen LogP contribution is 2.15. The minimum atomic E-state index is -1.32. The number of carboxylic acids is 1. The van der Waals surface area contributed by atoms with E-state index in [9.17, 15) is 9.59 Å². The Bertz CT molecular complexity index is 647. The van der Waals surface area contributed by atoms with Gasteiger partial charge in [-0.3, -0.25) is 4.79 Å². The molecule has 0 amide bonds. The van der Waals surface area contributed by atoms with E-state index in [1.54, 1.807) is 6.92 Å². The maximum absolute atomic E-state index is 11.4. The lowest BCUT2D eigenvalue weighted by atomic mass is 10.2. The first kappa shape index (κ1) is 10.1. The number of hydrogen-bond donors (Lipinski definition) is 3. The van der Waals surface area contributed by atoms with E-state index in [1.165, 1.54) is 6.07 Å². The summed E-state index contributed by atoms with van der Waals surface area (Å²) >= 11 is 0. The molecule has 2 rings (SSSR count). The second-order valence-electron chi connectivity index (χ2n) is 3.24. The Morgan fingerprint density at radius 3 is 2.81 bits per heavy atom. The number of anilines is 1. The third-order valence-electron chi connectivity index (χ3n) is 2.08. The summed E-state index contributed by atoms with van der Waals surface area (Å²) in [4.78, 5) is 32.3. The van der Waals surface area contributed by atoms with E-state index >= 15 is 0 Å². The molecule has 2 heterocycles. The molecule has 0 atom stereocenters. The number of aromatic carboxylic acids is 1. The molecule has 0 saturated carbocycles. The van der Waals surface area contributed by atoms with Gasteiger partial charge in [0.15, 0.2) is 0 Å². The van der Waals surface area contributed by atoms with Gasteiger partial charge in [-0.1, -0.05) is 0 Å². The van der Waals surface area contributed by atoms with Crippen LogP contribution >= 0.6 is 0 Å². The normalized spacial score (nSPS) is 10.6. The van der Waals surface area contributed by atoms with Crippen molar-refractivity contribution in [2.24, 2.45) is 0 Å². The zero-order valence-electron chi connectivity index (χ0n) is 8.31. The van der Waals surface area contributed by atoms with E-state index in [-0.39, 0.29) is 17.0 Å². The molecule has 7 heteroatoms. The number of carboxylic acid groups (broad SMARTS) is 1. The van der Waals surface area contributed by atoms with Gasteiger partial charge in [0.2, 0.25) is 0 Å². The van der Waals surface area contributed by atoms with Crippen LogP contribution in [-0.2, 0) is 0 Å². The second-order valence-corrected chi connectivity index (χ2v) is 3.24. The van der Waals surface area contributed by atoms with Gasteiger partial charge in [-0.2, -0.15) is 0 Å². The first-order valence-electron chi connectivity index (χ1n) is 4.39. The SMILES string of the molecule is Cc1nc(N)c2cc(C(=O)O)c(=O)[nH]c2n1. The summed E-state index contributed by atoms with van der Waals surface area (Å²) in [5.41, 5.74) is 4.75. The maximum atomic E-state index is 11.4. The maximum Gasteiger partial charge on any atom is 0.341 e. The van der Waals surface area contributed by atoms with Crippen molar-refractivity contribution in [1.82, 2.24) is 15.0 Å². The molecule has 2 aromatic rings. The monoisotopic (exact) mass is 220 g/mol. The van der Waals surface area contributed by atoms with Gasteiger partial charge in [0.1, 0.15) is 22.9 Å². The lowest BCUT2D eigenvalue weighted by molar-refractivity contribution is 0.0695. The van der Waals surface area contributed by atoms with Crippen LogP contribution in [0.4, 0.5) is 5.82 Å². The Balaban J connectivity index is 2.90. The molecule has 0 aromatic carbocycles. The number of nitrogens with two attached hydrogens (primary N) is 1. The predicted octanol–water partition coefficient (Wildman–Crippen LogP) is -0.0931. The zero-order chi connectivity index (χ0) is 11.9. The Morgan fingerprint density at radius 1 is 1.50 bits per heavy atom. The first-order chi connectivity index (χ1) is 7.49. The molecule has 0 aliphatic rings. The van der Waals surface area contributed by atoms with E-state index < -0.39 is 11.5 Å². The van der Waals surface area contributed by atoms with Gasteiger partial charge in [0, 0.05) is 0 Å². The molecule has 0 aliphatic heterocycles. The van der Waals surface area contributed by atoms with E-state index in [0.29, 0.717) is 11.2 Å². The van der Waals surface area contributed by atoms with E-state index in [1.807, 2.05) is 0 Å². The molecule has 0 aliphatic carbocycles.